The van der Waals surface area contributed by atoms with Crippen LogP contribution in [0.2, 0.25) is 0 Å². The van der Waals surface area contributed by atoms with Crippen molar-refractivity contribution in [1.82, 2.24) is 4.98 Å². The zero-order valence-corrected chi connectivity index (χ0v) is 9.20. The Morgan fingerprint density at radius 1 is 1.29 bits per heavy atom. The molecule has 0 bridgehead atoms. The topological polar surface area (TPSA) is 31.4 Å². The minimum atomic E-state index is 0.430. The predicted molar refractivity (Wildman–Crippen MR) is 56.0 cm³/mol. The third kappa shape index (κ3) is 2.37. The summed E-state index contributed by atoms with van der Waals surface area (Å²) in [5, 5.41) is 0. The lowest BCUT2D eigenvalue weighted by molar-refractivity contribution is 0.379. The van der Waals surface area contributed by atoms with E-state index < -0.39 is 0 Å². The van der Waals surface area contributed by atoms with E-state index in [0.29, 0.717) is 11.8 Å². The molecule has 1 aromatic heterocycles. The van der Waals surface area contributed by atoms with E-state index in [1.165, 1.54) is 0 Å². The summed E-state index contributed by atoms with van der Waals surface area (Å²) < 4.78 is 10.3. The van der Waals surface area contributed by atoms with Crippen molar-refractivity contribution >= 4 is 0 Å². The van der Waals surface area contributed by atoms with E-state index in [9.17, 15) is 0 Å². The number of pyridine rings is 1. The molecule has 0 aromatic carbocycles. The summed E-state index contributed by atoms with van der Waals surface area (Å²) in [6.07, 6.45) is 1.06. The summed E-state index contributed by atoms with van der Waals surface area (Å²) in [6, 6.07) is 3.74. The van der Waals surface area contributed by atoms with Crippen molar-refractivity contribution in [2.24, 2.45) is 0 Å². The van der Waals surface area contributed by atoms with Crippen molar-refractivity contribution in [2.75, 3.05) is 14.2 Å². The van der Waals surface area contributed by atoms with Crippen LogP contribution in [0.1, 0.15) is 31.9 Å². The van der Waals surface area contributed by atoms with Gasteiger partial charge in [0, 0.05) is 12.1 Å². The largest absolute Gasteiger partial charge is 0.496 e. The van der Waals surface area contributed by atoms with Crippen molar-refractivity contribution in [3.05, 3.63) is 17.8 Å². The number of nitrogens with zero attached hydrogens (tertiary/aromatic N) is 1. The number of ether oxygens (including phenoxy) is 2. The molecular weight excluding hydrogens is 178 g/mol. The molecule has 0 aliphatic heterocycles. The van der Waals surface area contributed by atoms with Gasteiger partial charge >= 0.3 is 0 Å². The van der Waals surface area contributed by atoms with Gasteiger partial charge in [-0.2, -0.15) is 0 Å². The summed E-state index contributed by atoms with van der Waals surface area (Å²) in [7, 11) is 3.26. The second-order valence-electron chi connectivity index (χ2n) is 3.28. The van der Waals surface area contributed by atoms with E-state index in [-0.39, 0.29) is 0 Å². The van der Waals surface area contributed by atoms with Gasteiger partial charge in [-0.3, -0.25) is 0 Å². The van der Waals surface area contributed by atoms with Crippen LogP contribution in [0.3, 0.4) is 0 Å². The second kappa shape index (κ2) is 4.84. The standard InChI is InChI=1S/C11H17NO2/c1-5-8(2)10-6-9(13-3)7-11(12-10)14-4/h6-8H,5H2,1-4H3. The van der Waals surface area contributed by atoms with Gasteiger partial charge in [0.05, 0.1) is 19.9 Å². The van der Waals surface area contributed by atoms with E-state index in [4.69, 9.17) is 9.47 Å². The van der Waals surface area contributed by atoms with Crippen LogP contribution >= 0.6 is 0 Å². The molecule has 0 spiro atoms. The molecule has 0 saturated carbocycles. The maximum Gasteiger partial charge on any atom is 0.216 e. The van der Waals surface area contributed by atoms with Crippen molar-refractivity contribution in [1.29, 1.82) is 0 Å². The minimum absolute atomic E-state index is 0.430. The second-order valence-corrected chi connectivity index (χ2v) is 3.28. The van der Waals surface area contributed by atoms with E-state index >= 15 is 0 Å². The first-order chi connectivity index (χ1) is 6.71. The summed E-state index contributed by atoms with van der Waals surface area (Å²) in [5.74, 6) is 1.84. The number of hydrogen-bond acceptors (Lipinski definition) is 3. The molecule has 14 heavy (non-hydrogen) atoms. The zero-order chi connectivity index (χ0) is 10.6. The number of methoxy groups -OCH3 is 2. The van der Waals surface area contributed by atoms with Gasteiger partial charge in [-0.15, -0.1) is 0 Å². The molecule has 1 unspecified atom stereocenters. The van der Waals surface area contributed by atoms with E-state index in [0.717, 1.165) is 17.9 Å². The molecule has 1 heterocycles. The molecule has 0 saturated heterocycles. The smallest absolute Gasteiger partial charge is 0.216 e. The highest BCUT2D eigenvalue weighted by molar-refractivity contribution is 5.31. The molecule has 0 N–H and O–H groups in total. The highest BCUT2D eigenvalue weighted by Gasteiger charge is 2.08. The van der Waals surface area contributed by atoms with Crippen LogP contribution in [0.15, 0.2) is 12.1 Å². The maximum atomic E-state index is 5.17. The van der Waals surface area contributed by atoms with Crippen LogP contribution < -0.4 is 9.47 Å². The average molecular weight is 195 g/mol. The molecular formula is C11H17NO2. The molecule has 3 heteroatoms. The van der Waals surface area contributed by atoms with E-state index in [1.54, 1.807) is 20.3 Å². The quantitative estimate of drug-likeness (QED) is 0.740. The normalized spacial score (nSPS) is 12.3. The SMILES string of the molecule is CCC(C)c1cc(OC)cc(OC)n1. The lowest BCUT2D eigenvalue weighted by atomic mass is 10.0. The third-order valence-electron chi connectivity index (χ3n) is 2.36. The lowest BCUT2D eigenvalue weighted by Gasteiger charge is -2.11. The summed E-state index contributed by atoms with van der Waals surface area (Å²) in [4.78, 5) is 4.37. The lowest BCUT2D eigenvalue weighted by Crippen LogP contribution is -1.99. The molecule has 1 atom stereocenters. The van der Waals surface area contributed by atoms with Crippen LogP contribution in [0.5, 0.6) is 11.6 Å². The van der Waals surface area contributed by atoms with E-state index in [1.807, 2.05) is 6.07 Å². The Hall–Kier alpha value is -1.25. The minimum Gasteiger partial charge on any atom is -0.496 e. The monoisotopic (exact) mass is 195 g/mol. The van der Waals surface area contributed by atoms with Crippen LogP contribution in [0, 0.1) is 0 Å². The van der Waals surface area contributed by atoms with Gasteiger partial charge in [-0.25, -0.2) is 4.98 Å². The van der Waals surface area contributed by atoms with Crippen molar-refractivity contribution in [2.45, 2.75) is 26.2 Å². The van der Waals surface area contributed by atoms with Crippen molar-refractivity contribution in [3.8, 4) is 11.6 Å². The van der Waals surface area contributed by atoms with Gasteiger partial charge in [-0.1, -0.05) is 13.8 Å². The number of hydrogen-bond donors (Lipinski definition) is 0. The molecule has 0 aliphatic carbocycles. The van der Waals surface area contributed by atoms with Gasteiger partial charge in [0.1, 0.15) is 5.75 Å². The first-order valence-electron chi connectivity index (χ1n) is 4.81. The summed E-state index contributed by atoms with van der Waals surface area (Å²) >= 11 is 0. The fourth-order valence-electron chi connectivity index (χ4n) is 1.18. The van der Waals surface area contributed by atoms with E-state index in [2.05, 4.69) is 18.8 Å². The Labute approximate surface area is 85.1 Å². The van der Waals surface area contributed by atoms with Gasteiger partial charge in [0.15, 0.2) is 0 Å². The Morgan fingerprint density at radius 3 is 2.50 bits per heavy atom. The fraction of sp³-hybridized carbons (Fsp3) is 0.545. The molecule has 0 amide bonds. The number of aromatic nitrogens is 1. The predicted octanol–water partition coefficient (Wildman–Crippen LogP) is 2.61. The third-order valence-corrected chi connectivity index (χ3v) is 2.36. The van der Waals surface area contributed by atoms with Crippen molar-refractivity contribution < 1.29 is 9.47 Å². The molecule has 78 valence electrons. The molecule has 1 rings (SSSR count). The Morgan fingerprint density at radius 2 is 2.00 bits per heavy atom. The molecule has 0 aliphatic rings. The number of rotatable bonds is 4. The van der Waals surface area contributed by atoms with Crippen LogP contribution in [-0.2, 0) is 0 Å². The first-order valence-corrected chi connectivity index (χ1v) is 4.81. The fourth-order valence-corrected chi connectivity index (χ4v) is 1.18. The van der Waals surface area contributed by atoms with Gasteiger partial charge < -0.3 is 9.47 Å². The summed E-state index contributed by atoms with van der Waals surface area (Å²) in [5.41, 5.74) is 1.02. The Bertz CT molecular complexity index is 277. The van der Waals surface area contributed by atoms with Gasteiger partial charge in [-0.05, 0) is 12.3 Å². The molecule has 0 radical (unpaired) electrons. The van der Waals surface area contributed by atoms with Crippen LogP contribution in [-0.4, -0.2) is 19.2 Å². The first kappa shape index (κ1) is 10.8. The summed E-state index contributed by atoms with van der Waals surface area (Å²) in [6.45, 7) is 4.28. The van der Waals surface area contributed by atoms with Crippen molar-refractivity contribution in [3.63, 3.8) is 0 Å². The maximum absolute atomic E-state index is 5.17. The zero-order valence-electron chi connectivity index (χ0n) is 9.20. The molecule has 1 aromatic rings. The van der Waals surface area contributed by atoms with Crippen LogP contribution in [0.4, 0.5) is 0 Å². The Kier molecular flexibility index (Phi) is 3.74. The van der Waals surface area contributed by atoms with Gasteiger partial charge in [0.2, 0.25) is 5.88 Å². The average Bonchev–Trinajstić information content (AvgIpc) is 2.27. The van der Waals surface area contributed by atoms with Gasteiger partial charge in [0.25, 0.3) is 0 Å². The molecule has 3 nitrogen and oxygen atoms in total. The Balaban J connectivity index is 3.04. The van der Waals surface area contributed by atoms with Crippen LogP contribution in [0.25, 0.3) is 0 Å². The molecule has 0 fully saturated rings. The highest BCUT2D eigenvalue weighted by atomic mass is 16.5. The highest BCUT2D eigenvalue weighted by Crippen LogP contribution is 2.25.